The van der Waals surface area contributed by atoms with Gasteiger partial charge < -0.3 is 155 Å². The van der Waals surface area contributed by atoms with Crippen LogP contribution in [0.4, 0.5) is 0 Å². The molecule has 0 saturated heterocycles. The van der Waals surface area contributed by atoms with E-state index >= 15 is 0 Å². The second kappa shape index (κ2) is 39.8. The molecular formula is C62H68O41. The van der Waals surface area contributed by atoms with Crippen LogP contribution < -0.4 is 0 Å². The number of aromatic carboxylic acids is 6. The molecule has 6 aromatic rings. The number of esters is 4. The van der Waals surface area contributed by atoms with Crippen LogP contribution in [0.25, 0.3) is 0 Å². The molecule has 562 valence electrons. The zero-order valence-electron chi connectivity index (χ0n) is 54.5. The van der Waals surface area contributed by atoms with Gasteiger partial charge in [-0.05, 0) is 82.3 Å². The Morgan fingerprint density at radius 3 is 0.913 bits per heavy atom. The van der Waals surface area contributed by atoms with E-state index in [1.165, 1.54) is 55.3 Å². The molecule has 0 aliphatic carbocycles. The van der Waals surface area contributed by atoms with Crippen LogP contribution >= 0.6 is 0 Å². The summed E-state index contributed by atoms with van der Waals surface area (Å²) in [6.45, 7) is 6.34. The zero-order chi connectivity index (χ0) is 79.5. The molecule has 103 heavy (non-hydrogen) atoms. The van der Waals surface area contributed by atoms with Crippen LogP contribution in [-0.2, 0) is 37.9 Å². The van der Waals surface area contributed by atoms with E-state index in [9.17, 15) is 109 Å². The van der Waals surface area contributed by atoms with E-state index in [4.69, 9.17) is 94.1 Å². The topological polar surface area (TPSA) is 710 Å². The molecule has 0 aliphatic heterocycles. The molecule has 4 unspecified atom stereocenters. The summed E-state index contributed by atoms with van der Waals surface area (Å²) < 4.78 is 38.5. The number of methoxy groups -OCH3 is 4. The Morgan fingerprint density at radius 1 is 0.262 bits per heavy atom. The largest absolute Gasteiger partial charge is 0.504 e. The highest BCUT2D eigenvalue weighted by Crippen LogP contribution is 2.48. The second-order valence-electron chi connectivity index (χ2n) is 20.1. The fourth-order valence-electron chi connectivity index (χ4n) is 7.50. The van der Waals surface area contributed by atoms with Crippen LogP contribution in [0.1, 0.15) is 131 Å². The van der Waals surface area contributed by atoms with E-state index in [1.807, 2.05) is 0 Å². The molecular weight excluding hydrogens is 1400 g/mol. The Hall–Kier alpha value is -13.5. The minimum absolute atomic E-state index is 0.00492. The van der Waals surface area contributed by atoms with Crippen LogP contribution in [0.15, 0.2) is 54.6 Å². The predicted molar refractivity (Wildman–Crippen MR) is 336 cm³/mol. The van der Waals surface area contributed by atoms with E-state index in [-0.39, 0.29) is 48.9 Å². The van der Waals surface area contributed by atoms with Gasteiger partial charge in [0.1, 0.15) is 46.7 Å². The highest BCUT2D eigenvalue weighted by Gasteiger charge is 2.34. The SMILES string of the molecule is COCC(C)OC(=O)c1c(C(=O)O)cc(O)c(O)c1O.COCC(C)OC(=O)c1c(O)c(O)c(O)c(O)c1C(=O)O.COCC(C)OC(=O)c1cc(O)c(O)c(O)c1C(=O)O.COCC(C)OC(=O)c1cc(O)c(O)cc1C(=O)O.O=C(O)c1cc(O)c(O)c(O)c1.O=C(O)c1ccc(O)c(O)c1. The van der Waals surface area contributed by atoms with E-state index < -0.39 is 215 Å². The van der Waals surface area contributed by atoms with Crippen molar-refractivity contribution in [3.8, 4) is 97.7 Å². The van der Waals surface area contributed by atoms with Gasteiger partial charge in [0.05, 0.1) is 59.8 Å². The van der Waals surface area contributed by atoms with Crippen LogP contribution in [0.5, 0.6) is 97.7 Å². The number of aromatic hydroxyl groups is 17. The van der Waals surface area contributed by atoms with Crippen molar-refractivity contribution < 1.29 is 203 Å². The van der Waals surface area contributed by atoms with E-state index in [1.54, 1.807) is 6.92 Å². The molecule has 6 rings (SSSR count). The first-order valence-electron chi connectivity index (χ1n) is 27.9. The predicted octanol–water partition coefficient (Wildman–Crippen LogP) is 4.07. The average Bonchev–Trinajstić information content (AvgIpc) is 0.787. The molecule has 6 aromatic carbocycles. The maximum Gasteiger partial charge on any atom is 0.343 e. The van der Waals surface area contributed by atoms with Gasteiger partial charge in [-0.1, -0.05) is 0 Å². The van der Waals surface area contributed by atoms with Crippen molar-refractivity contribution in [2.24, 2.45) is 0 Å². The van der Waals surface area contributed by atoms with E-state index in [0.717, 1.165) is 36.4 Å². The highest BCUT2D eigenvalue weighted by molar-refractivity contribution is 6.09. The van der Waals surface area contributed by atoms with Crippen LogP contribution in [0, 0.1) is 0 Å². The van der Waals surface area contributed by atoms with E-state index in [2.05, 4.69) is 0 Å². The first-order chi connectivity index (χ1) is 47.8. The molecule has 41 heteroatoms. The molecule has 0 radical (unpaired) electrons. The summed E-state index contributed by atoms with van der Waals surface area (Å²) in [5, 5.41) is 210. The number of hydrogen-bond acceptors (Lipinski definition) is 35. The second-order valence-corrected chi connectivity index (χ2v) is 20.1. The minimum atomic E-state index is -1.80. The van der Waals surface area contributed by atoms with Crippen LogP contribution in [0.2, 0.25) is 0 Å². The van der Waals surface area contributed by atoms with Crippen molar-refractivity contribution in [3.05, 3.63) is 110 Å². The van der Waals surface area contributed by atoms with Crippen molar-refractivity contribution in [3.63, 3.8) is 0 Å². The summed E-state index contributed by atoms with van der Waals surface area (Å²) in [6, 6.07) is 7.99. The van der Waals surface area contributed by atoms with Crippen molar-refractivity contribution in [2.45, 2.75) is 52.1 Å². The molecule has 0 amide bonds. The zero-order valence-corrected chi connectivity index (χ0v) is 54.5. The molecule has 0 aliphatic rings. The van der Waals surface area contributed by atoms with Crippen LogP contribution in [-0.4, -0.2) is 256 Å². The molecule has 41 nitrogen and oxygen atoms in total. The summed E-state index contributed by atoms with van der Waals surface area (Å²) >= 11 is 0. The third-order valence-corrected chi connectivity index (χ3v) is 12.1. The number of ether oxygens (including phenoxy) is 8. The van der Waals surface area contributed by atoms with Gasteiger partial charge in [0.15, 0.2) is 74.7 Å². The minimum Gasteiger partial charge on any atom is -0.504 e. The van der Waals surface area contributed by atoms with E-state index in [0.29, 0.717) is 12.1 Å². The number of carboxylic acid groups (broad SMARTS) is 6. The summed E-state index contributed by atoms with van der Waals surface area (Å²) in [6.07, 6.45) is -2.70. The van der Waals surface area contributed by atoms with Crippen LogP contribution in [0.3, 0.4) is 0 Å². The summed E-state index contributed by atoms with van der Waals surface area (Å²) in [7, 11) is 5.56. The van der Waals surface area contributed by atoms with Gasteiger partial charge in [-0.15, -0.1) is 0 Å². The maximum atomic E-state index is 11.9. The standard InChI is InChI=1S/C12H14O9.2C12H14O8.C12H14O7.C7H6O5.C7H6O4/c1-4(3-20-2)21-12(19)6-5(11(17)18)7(13)9(15)10(16)8(6)14;1-5(4-19-2)20-12(18)6-3-7(13)9(14)10(15)8(6)11(16)17;1-5(4-19-2)20-12(18)8-6(11(16)17)3-7(13)9(14)10(8)15;1-6(5-18-2)19-12(17)8-4-10(14)9(13)3-7(8)11(15)16;8-4-1-3(7(11)12)2-5(9)6(4)10;8-5-2-1-4(7(10)11)3-6(5)9/h4,13-16H,3H2,1-2H3,(H,17,18);2*3,5,13-15H,4H2,1-2H3,(H,16,17);3-4,6,13-14H,5H2,1-2H3,(H,15,16);1-2,8-10H,(H,11,12);1-3,8-9H,(H,10,11). The van der Waals surface area contributed by atoms with Crippen molar-refractivity contribution in [1.29, 1.82) is 0 Å². The molecule has 0 heterocycles. The summed E-state index contributed by atoms with van der Waals surface area (Å²) in [4.78, 5) is 112. The fourth-order valence-corrected chi connectivity index (χ4v) is 7.50. The van der Waals surface area contributed by atoms with Gasteiger partial charge in [0.2, 0.25) is 23.0 Å². The van der Waals surface area contributed by atoms with Gasteiger partial charge >= 0.3 is 59.7 Å². The smallest absolute Gasteiger partial charge is 0.343 e. The summed E-state index contributed by atoms with van der Waals surface area (Å²) in [5.41, 5.74) is -6.05. The average molecular weight is 1470 g/mol. The highest BCUT2D eigenvalue weighted by atomic mass is 16.6. The Balaban J connectivity index is 0.000000626. The van der Waals surface area contributed by atoms with Crippen molar-refractivity contribution in [2.75, 3.05) is 54.9 Å². The molecule has 0 aromatic heterocycles. The Bertz CT molecular complexity index is 4080. The first kappa shape index (κ1) is 87.5. The Labute approximate surface area is 576 Å². The number of phenolic OH excluding ortho intramolecular Hbond substituents is 15. The monoisotopic (exact) mass is 1470 g/mol. The van der Waals surface area contributed by atoms with Gasteiger partial charge in [0, 0.05) is 28.4 Å². The molecule has 4 atom stereocenters. The molecule has 0 spiro atoms. The number of carboxylic acids is 6. The maximum absolute atomic E-state index is 11.9. The van der Waals surface area contributed by atoms with Crippen molar-refractivity contribution >= 4 is 59.7 Å². The number of rotatable bonds is 22. The lowest BCUT2D eigenvalue weighted by Crippen LogP contribution is -2.21. The van der Waals surface area contributed by atoms with Gasteiger partial charge in [0.25, 0.3) is 0 Å². The quantitative estimate of drug-likeness (QED) is 0.0197. The molecule has 0 bridgehead atoms. The first-order valence-corrected chi connectivity index (χ1v) is 27.9. The lowest BCUT2D eigenvalue weighted by molar-refractivity contribution is 0.0107. The summed E-state index contributed by atoms with van der Waals surface area (Å²) in [5.74, 6) is -28.2. The number of phenols is 17. The van der Waals surface area contributed by atoms with Gasteiger partial charge in [-0.25, -0.2) is 47.9 Å². The third kappa shape index (κ3) is 24.7. The van der Waals surface area contributed by atoms with Gasteiger partial charge in [-0.2, -0.15) is 0 Å². The lowest BCUT2D eigenvalue weighted by atomic mass is 10.0. The number of benzene rings is 6. The number of hydrogen-bond donors (Lipinski definition) is 23. The van der Waals surface area contributed by atoms with Crippen molar-refractivity contribution in [1.82, 2.24) is 0 Å². The molecule has 0 fully saturated rings. The van der Waals surface area contributed by atoms with Gasteiger partial charge in [-0.3, -0.25) is 0 Å². The number of carbonyl (C=O) groups excluding carboxylic acids is 4. The molecule has 0 saturated carbocycles. The Kier molecular flexibility index (Phi) is 33.8. The molecule has 23 N–H and O–H groups in total. The lowest BCUT2D eigenvalue weighted by Gasteiger charge is -2.16. The number of carbonyl (C=O) groups is 10. The Morgan fingerprint density at radius 2 is 0.553 bits per heavy atom. The normalized spacial score (nSPS) is 11.4. The third-order valence-electron chi connectivity index (χ3n) is 12.1. The fraction of sp³-hybridized carbons (Fsp3) is 0.258.